The van der Waals surface area contributed by atoms with E-state index in [1.54, 1.807) is 58.0 Å². The van der Waals surface area contributed by atoms with Crippen LogP contribution >= 0.6 is 25.3 Å². The molecule has 47 heteroatoms. The minimum atomic E-state index is -2.48. The number of guanidine groups is 2. The molecule has 0 fully saturated rings. The number of phenolic OH excluding ortho intramolecular Hbond substituents is 1. The number of hydrogen-bond acceptors (Lipinski definition) is 26. The van der Waals surface area contributed by atoms with Gasteiger partial charge in [0.15, 0.2) is 11.9 Å². The zero-order valence-electron chi connectivity index (χ0n) is 69.9. The summed E-state index contributed by atoms with van der Waals surface area (Å²) in [7, 11) is 0. The molecular weight excluding hydrogens is 1650 g/mol. The van der Waals surface area contributed by atoms with Gasteiger partial charge >= 0.3 is 11.9 Å². The normalized spacial score (nSPS) is 14.8. The summed E-state index contributed by atoms with van der Waals surface area (Å²) in [6, 6.07) is -7.30. The predicted octanol–water partition coefficient (Wildman–Crippen LogP) is -8.28. The van der Waals surface area contributed by atoms with Crippen LogP contribution in [0.1, 0.15) is 118 Å². The third-order valence-corrected chi connectivity index (χ3v) is 19.6. The molecular formula is C76H123N23O22S2. The average Bonchev–Trinajstić information content (AvgIpc) is 0.851. The van der Waals surface area contributed by atoms with Gasteiger partial charge in [0.25, 0.3) is 5.91 Å². The maximum Gasteiger partial charge on any atom is 0.336 e. The van der Waals surface area contributed by atoms with Gasteiger partial charge in [-0.25, -0.2) is 9.59 Å². The van der Waals surface area contributed by atoms with Crippen LogP contribution < -0.4 is 113 Å². The van der Waals surface area contributed by atoms with Gasteiger partial charge in [-0.2, -0.15) is 25.3 Å². The molecule has 0 spiro atoms. The number of amides is 15. The molecule has 0 saturated carbocycles. The highest BCUT2D eigenvalue weighted by Gasteiger charge is 2.40. The van der Waals surface area contributed by atoms with Crippen molar-refractivity contribution in [2.45, 2.75) is 204 Å². The average molecular weight is 1780 g/mol. The number of carboxylic acids is 2. The third kappa shape index (κ3) is 40.7. The highest BCUT2D eigenvalue weighted by atomic mass is 32.1. The lowest BCUT2D eigenvalue weighted by Crippen LogP contribution is -2.62. The number of hydrogen-bond donors (Lipinski definition) is 30. The Hall–Kier alpha value is -11.7. The van der Waals surface area contributed by atoms with Crippen molar-refractivity contribution in [3.63, 3.8) is 0 Å². The molecule has 0 aromatic heterocycles. The van der Waals surface area contributed by atoms with Crippen molar-refractivity contribution in [2.75, 3.05) is 57.4 Å². The summed E-state index contributed by atoms with van der Waals surface area (Å²) in [5.41, 5.74) is 23.6. The van der Waals surface area contributed by atoms with E-state index in [1.807, 2.05) is 24.5 Å². The summed E-state index contributed by atoms with van der Waals surface area (Å²) in [6.45, 7) is 9.13. The molecule has 45 nitrogen and oxygen atoms in total. The molecule has 0 aliphatic heterocycles. The fraction of sp³-hybridized carbons (Fsp3) is 0.592. The highest BCUT2D eigenvalue weighted by molar-refractivity contribution is 7.80. The van der Waals surface area contributed by atoms with Crippen molar-refractivity contribution in [2.24, 2.45) is 46.6 Å². The molecule has 32 N–H and O–H groups in total. The molecule has 0 heterocycles. The van der Waals surface area contributed by atoms with Crippen LogP contribution in [0.5, 0.6) is 5.75 Å². The third-order valence-electron chi connectivity index (χ3n) is 18.7. The van der Waals surface area contributed by atoms with Crippen molar-refractivity contribution in [3.05, 3.63) is 65.7 Å². The van der Waals surface area contributed by atoms with Gasteiger partial charge in [-0.05, 0) is 85.5 Å². The molecule has 0 bridgehead atoms. The SMILES string of the molecule is CC[C@H](C)[C@H](NC(=O)[C@H](CCCNC(=N)N)NC(=O)[C@@H](N)CC(C)C)C(=O)N[C@H](C(=O)N[C@@H](CCC(N)=O)C(=O)N[C@@H](CS)C(=O)N[C@@H](CCCNC(=N)N)C(=O)N[C@@H](CO)C(=O)N[C@H](C(=O)N[C@@H](C(=O)O)C(=O)NCC(=O)N[C@@H](CO)C(=O)N[C@@H](CS)CNCC(=O)N[C@@H](Cc1ccccc1)C(=O)N[C@@H](Cc1ccc(O)cc1)C(=O)O)C(C)C)C(C)C. The number of aromatic hydroxyl groups is 1. The van der Waals surface area contributed by atoms with Crippen molar-refractivity contribution in [1.29, 1.82) is 10.8 Å². The highest BCUT2D eigenvalue weighted by Crippen LogP contribution is 2.16. The molecule has 0 aliphatic rings. The van der Waals surface area contributed by atoms with Crippen molar-refractivity contribution in [3.8, 4) is 5.75 Å². The van der Waals surface area contributed by atoms with E-state index in [2.05, 4.69) is 105 Å². The van der Waals surface area contributed by atoms with Crippen LogP contribution in [-0.2, 0) is 94.3 Å². The minimum absolute atomic E-state index is 0.0191. The molecule has 15 amide bonds. The quantitative estimate of drug-likeness (QED) is 0.00961. The van der Waals surface area contributed by atoms with Gasteiger partial charge in [-0.3, -0.25) is 82.7 Å². The summed E-state index contributed by atoms with van der Waals surface area (Å²) in [4.78, 5) is 230. The number of rotatable bonds is 58. The first-order valence-corrected chi connectivity index (χ1v) is 41.0. The second kappa shape index (κ2) is 56.1. The topological polar surface area (TPSA) is 748 Å². The Morgan fingerprint density at radius 3 is 1.34 bits per heavy atom. The number of nitrogens with one attached hydrogen (secondary N) is 19. The Morgan fingerprint density at radius 1 is 0.431 bits per heavy atom. The summed E-state index contributed by atoms with van der Waals surface area (Å²) >= 11 is 8.47. The first-order valence-electron chi connectivity index (χ1n) is 39.7. The van der Waals surface area contributed by atoms with Gasteiger partial charge in [0.1, 0.15) is 72.2 Å². The van der Waals surface area contributed by atoms with Crippen LogP contribution in [0.25, 0.3) is 0 Å². The monoisotopic (exact) mass is 1770 g/mol. The van der Waals surface area contributed by atoms with Crippen LogP contribution in [-0.4, -0.2) is 280 Å². The van der Waals surface area contributed by atoms with Crippen LogP contribution in [0.4, 0.5) is 0 Å². The van der Waals surface area contributed by atoms with Crippen molar-refractivity contribution < 1.29 is 107 Å². The molecule has 0 unspecified atom stereocenters. The van der Waals surface area contributed by atoms with Gasteiger partial charge in [-0.15, -0.1) is 0 Å². The van der Waals surface area contributed by atoms with Crippen LogP contribution in [0, 0.1) is 34.5 Å². The molecule has 123 heavy (non-hydrogen) atoms. The summed E-state index contributed by atoms with van der Waals surface area (Å²) in [5.74, 6) is -22.4. The summed E-state index contributed by atoms with van der Waals surface area (Å²) in [6.07, 6.45) is -0.695. The molecule has 0 radical (unpaired) electrons. The zero-order chi connectivity index (χ0) is 92.9. The van der Waals surface area contributed by atoms with Crippen LogP contribution in [0.15, 0.2) is 54.6 Å². The Morgan fingerprint density at radius 2 is 0.846 bits per heavy atom. The molecule has 2 aromatic carbocycles. The van der Waals surface area contributed by atoms with E-state index in [-0.39, 0.29) is 88.0 Å². The lowest BCUT2D eigenvalue weighted by atomic mass is 9.95. The van der Waals surface area contributed by atoms with Crippen LogP contribution in [0.2, 0.25) is 0 Å². The van der Waals surface area contributed by atoms with Gasteiger partial charge in [0, 0.05) is 50.4 Å². The van der Waals surface area contributed by atoms with Gasteiger partial charge in [-0.1, -0.05) is 104 Å². The largest absolute Gasteiger partial charge is 0.508 e. The van der Waals surface area contributed by atoms with E-state index < -0.39 is 254 Å². The number of aliphatic hydroxyl groups excluding tert-OH is 2. The smallest absolute Gasteiger partial charge is 0.336 e. The lowest BCUT2D eigenvalue weighted by molar-refractivity contribution is -0.147. The first-order chi connectivity index (χ1) is 57.9. The summed E-state index contributed by atoms with van der Waals surface area (Å²) in [5, 5.41) is 107. The van der Waals surface area contributed by atoms with Gasteiger partial charge in [0.2, 0.25) is 88.7 Å². The number of carbonyl (C=O) groups excluding carboxylic acids is 15. The lowest BCUT2D eigenvalue weighted by Gasteiger charge is -2.30. The maximum atomic E-state index is 14.3. The molecule has 686 valence electrons. The number of carbonyl (C=O) groups is 17. The standard InChI is InChI=1S/C76H123N23O22S2/c1-9-40(8)59(98-64(109)47(18-14-26-85-76(81)82)90-61(106)45(77)27-37(2)3)72(117)97-57(38(4)5)70(115)92-48(23-24-54(78)103)63(108)95-53(36-123)68(113)91-46(17-13-25-84-75(79)80)62(107)94-52(34-101)67(112)96-58(39(6)7)71(116)99-60(74(120)121)69(114)86-32-56(105)89-51(33-100)66(111)87-43(35-122)30-83-31-55(104)88-49(28-41-15-11-10-12-16-41)65(110)93-50(73(118)119)29-42-19-21-44(102)22-20-42/h10-12,15-16,19-22,37-40,43,45-53,57-60,83,100-102,122-123H,9,13-14,17-18,23-36,77H2,1-8H3,(H2,78,103)(H,86,114)(H,87,111)(H,88,104)(H,89,105)(H,90,106)(H,91,113)(H,92,115)(H,93,110)(H,94,107)(H,95,108)(H,96,112)(H,97,117)(H,98,109)(H,99,116)(H,118,119)(H,120,121)(H4,79,80,84)(H4,81,82,85)/t40-,43+,45-,46-,47-,48-,49-,50-,51-,52-,53-,57-,58-,59-,60+/m0/s1. The summed E-state index contributed by atoms with van der Waals surface area (Å²) < 4.78 is 0. The van der Waals surface area contributed by atoms with Gasteiger partial charge < -0.3 is 139 Å². The Kier molecular flexibility index (Phi) is 49.0. The minimum Gasteiger partial charge on any atom is -0.508 e. The molecule has 2 aromatic rings. The maximum absolute atomic E-state index is 14.3. The van der Waals surface area contributed by atoms with Crippen molar-refractivity contribution >= 4 is 138 Å². The number of primary amides is 1. The number of carboxylic acid groups (broad SMARTS) is 2. The van der Waals surface area contributed by atoms with E-state index in [0.29, 0.717) is 17.5 Å². The van der Waals surface area contributed by atoms with E-state index in [1.165, 1.54) is 38.1 Å². The van der Waals surface area contributed by atoms with E-state index in [9.17, 15) is 107 Å². The van der Waals surface area contributed by atoms with Crippen molar-refractivity contribution in [1.82, 2.24) is 90.4 Å². The number of benzene rings is 2. The Bertz CT molecular complexity index is 3910. The number of thiol groups is 2. The molecule has 0 saturated heterocycles. The zero-order valence-corrected chi connectivity index (χ0v) is 71.7. The Balaban J connectivity index is 2.23. The van der Waals surface area contributed by atoms with E-state index >= 15 is 0 Å². The molecule has 15 atom stereocenters. The number of aliphatic hydroxyl groups is 2. The fourth-order valence-corrected chi connectivity index (χ4v) is 12.2. The first kappa shape index (κ1) is 107. The molecule has 0 aliphatic carbocycles. The molecule has 2 rings (SSSR count). The van der Waals surface area contributed by atoms with E-state index in [4.69, 9.17) is 33.8 Å². The Labute approximate surface area is 722 Å². The number of aliphatic carboxylic acids is 2. The fourth-order valence-electron chi connectivity index (χ4n) is 11.7. The van der Waals surface area contributed by atoms with E-state index in [0.717, 1.165) is 0 Å². The second-order valence-corrected chi connectivity index (χ2v) is 30.8. The number of phenols is 1. The van der Waals surface area contributed by atoms with Gasteiger partial charge in [0.05, 0.1) is 38.4 Å². The van der Waals surface area contributed by atoms with Crippen LogP contribution in [0.3, 0.4) is 0 Å². The predicted molar refractivity (Wildman–Crippen MR) is 453 cm³/mol. The second-order valence-electron chi connectivity index (χ2n) is 30.1. The number of nitrogens with two attached hydrogens (primary N) is 4.